The van der Waals surface area contributed by atoms with E-state index in [1.807, 2.05) is 11.8 Å². The van der Waals surface area contributed by atoms with Crippen molar-refractivity contribution < 1.29 is 18.0 Å². The largest absolute Gasteiger partial charge is 0.459 e. The first kappa shape index (κ1) is 16.0. The number of aryl methyl sites for hydroxylation is 1. The summed E-state index contributed by atoms with van der Waals surface area (Å²) in [5.41, 5.74) is 1.03. The predicted molar refractivity (Wildman–Crippen MR) is 90.5 cm³/mol. The van der Waals surface area contributed by atoms with E-state index in [-0.39, 0.29) is 17.5 Å². The molecule has 4 heterocycles. The van der Waals surface area contributed by atoms with E-state index in [1.165, 1.54) is 12.5 Å². The van der Waals surface area contributed by atoms with E-state index in [0.29, 0.717) is 43.6 Å². The van der Waals surface area contributed by atoms with E-state index >= 15 is 0 Å². The maximum atomic E-state index is 12.5. The fourth-order valence-electron chi connectivity index (χ4n) is 2.95. The number of anilines is 1. The molecule has 1 aliphatic rings. The van der Waals surface area contributed by atoms with Crippen molar-refractivity contribution in [2.45, 2.75) is 6.92 Å². The lowest BCUT2D eigenvalue weighted by Gasteiger charge is -2.34. The van der Waals surface area contributed by atoms with Gasteiger partial charge in [-0.1, -0.05) is 0 Å². The van der Waals surface area contributed by atoms with Crippen molar-refractivity contribution in [2.75, 3.05) is 31.1 Å². The van der Waals surface area contributed by atoms with Gasteiger partial charge in [-0.05, 0) is 25.1 Å². The summed E-state index contributed by atoms with van der Waals surface area (Å²) in [6, 6.07) is 7.28. The van der Waals surface area contributed by atoms with E-state index in [0.717, 1.165) is 5.56 Å². The number of nitriles is 1. The van der Waals surface area contributed by atoms with Crippen molar-refractivity contribution in [3.05, 3.63) is 47.7 Å². The van der Waals surface area contributed by atoms with Crippen LogP contribution >= 0.6 is 0 Å². The van der Waals surface area contributed by atoms with Crippen LogP contribution in [0.15, 0.2) is 44.0 Å². The minimum atomic E-state index is -0.124. The average Bonchev–Trinajstić information content (AvgIpc) is 3.41. The fourth-order valence-corrected chi connectivity index (χ4v) is 2.95. The molecule has 4 rings (SSSR count). The average molecular weight is 352 g/mol. The monoisotopic (exact) mass is 352 g/mol. The number of oxazole rings is 1. The second kappa shape index (κ2) is 6.44. The van der Waals surface area contributed by atoms with Crippen LogP contribution in [0.1, 0.15) is 21.8 Å². The topological polar surface area (TPSA) is 99.7 Å². The molecule has 8 heteroatoms. The van der Waals surface area contributed by atoms with Gasteiger partial charge in [0.2, 0.25) is 11.6 Å². The lowest BCUT2D eigenvalue weighted by molar-refractivity contribution is 0.0712. The second-order valence-electron chi connectivity index (χ2n) is 5.97. The molecule has 1 amide bonds. The molecule has 0 atom stereocenters. The van der Waals surface area contributed by atoms with Gasteiger partial charge in [-0.15, -0.1) is 0 Å². The Kier molecular flexibility index (Phi) is 3.97. The molecule has 0 radical (unpaired) electrons. The Bertz CT molecular complexity index is 956. The smallest absolute Gasteiger partial charge is 0.289 e. The van der Waals surface area contributed by atoms with Gasteiger partial charge in [-0.3, -0.25) is 4.79 Å². The number of piperazine rings is 1. The number of aromatic nitrogens is 1. The number of nitrogens with zero attached hydrogens (tertiary/aromatic N) is 4. The van der Waals surface area contributed by atoms with Gasteiger partial charge >= 0.3 is 0 Å². The lowest BCUT2D eigenvalue weighted by atomic mass is 10.2. The number of rotatable bonds is 3. The van der Waals surface area contributed by atoms with Gasteiger partial charge in [0.1, 0.15) is 6.07 Å². The zero-order chi connectivity index (χ0) is 18.1. The fraction of sp³-hybridized carbons (Fsp3) is 0.278. The number of hydrogen-bond donors (Lipinski definition) is 0. The Hall–Kier alpha value is -3.47. The van der Waals surface area contributed by atoms with E-state index in [1.54, 1.807) is 23.1 Å². The number of hydrogen-bond acceptors (Lipinski definition) is 7. The van der Waals surface area contributed by atoms with Crippen LogP contribution in [-0.4, -0.2) is 42.0 Å². The van der Waals surface area contributed by atoms with Crippen molar-refractivity contribution in [3.63, 3.8) is 0 Å². The minimum absolute atomic E-state index is 0.124. The first-order valence-electron chi connectivity index (χ1n) is 8.20. The highest BCUT2D eigenvalue weighted by molar-refractivity contribution is 5.93. The summed E-state index contributed by atoms with van der Waals surface area (Å²) in [7, 11) is 0. The summed E-state index contributed by atoms with van der Waals surface area (Å²) in [6.07, 6.45) is 3.04. The summed E-state index contributed by atoms with van der Waals surface area (Å²) in [4.78, 5) is 20.4. The molecule has 0 spiro atoms. The number of amides is 1. The van der Waals surface area contributed by atoms with Crippen molar-refractivity contribution in [1.29, 1.82) is 5.26 Å². The van der Waals surface area contributed by atoms with Crippen LogP contribution in [-0.2, 0) is 0 Å². The van der Waals surface area contributed by atoms with E-state index in [4.69, 9.17) is 13.3 Å². The first-order chi connectivity index (χ1) is 12.7. The molecule has 1 fully saturated rings. The van der Waals surface area contributed by atoms with Gasteiger partial charge in [-0.25, -0.2) is 0 Å². The number of furan rings is 2. The van der Waals surface area contributed by atoms with Crippen LogP contribution in [0.5, 0.6) is 0 Å². The molecule has 1 saturated heterocycles. The van der Waals surface area contributed by atoms with Gasteiger partial charge < -0.3 is 23.1 Å². The normalized spacial score (nSPS) is 14.5. The maximum absolute atomic E-state index is 12.5. The van der Waals surface area contributed by atoms with Crippen LogP contribution in [0, 0.1) is 18.3 Å². The SMILES string of the molecule is Cc1ccoc1C(=O)N1CCN(c2oc(-c3ccco3)nc2C#N)CC1. The first-order valence-corrected chi connectivity index (χ1v) is 8.20. The van der Waals surface area contributed by atoms with Crippen molar-refractivity contribution in [3.8, 4) is 17.7 Å². The predicted octanol–water partition coefficient (Wildman–Crippen LogP) is 2.67. The Morgan fingerprint density at radius 3 is 2.62 bits per heavy atom. The zero-order valence-electron chi connectivity index (χ0n) is 14.1. The number of carbonyl (C=O) groups is 1. The summed E-state index contributed by atoms with van der Waals surface area (Å²) >= 11 is 0. The molecule has 1 aliphatic heterocycles. The maximum Gasteiger partial charge on any atom is 0.289 e. The quantitative estimate of drug-likeness (QED) is 0.714. The standard InChI is InChI=1S/C18H16N4O4/c1-12-4-10-25-15(12)17(23)21-5-7-22(8-6-21)18-13(11-19)20-16(26-18)14-3-2-9-24-14/h2-4,9-10H,5-8H2,1H3. The molecule has 3 aromatic heterocycles. The molecule has 8 nitrogen and oxygen atoms in total. The van der Waals surface area contributed by atoms with E-state index in [2.05, 4.69) is 11.1 Å². The molecule has 0 N–H and O–H groups in total. The molecule has 0 aromatic carbocycles. The lowest BCUT2D eigenvalue weighted by Crippen LogP contribution is -2.49. The Morgan fingerprint density at radius 1 is 1.19 bits per heavy atom. The van der Waals surface area contributed by atoms with Gasteiger partial charge in [0.15, 0.2) is 11.5 Å². The van der Waals surface area contributed by atoms with E-state index < -0.39 is 0 Å². The van der Waals surface area contributed by atoms with Crippen LogP contribution in [0.3, 0.4) is 0 Å². The molecule has 0 unspecified atom stereocenters. The summed E-state index contributed by atoms with van der Waals surface area (Å²) < 4.78 is 16.3. The molecule has 0 bridgehead atoms. The molecular weight excluding hydrogens is 336 g/mol. The zero-order valence-corrected chi connectivity index (χ0v) is 14.1. The van der Waals surface area contributed by atoms with Crippen LogP contribution in [0.2, 0.25) is 0 Å². The van der Waals surface area contributed by atoms with Gasteiger partial charge in [0, 0.05) is 31.7 Å². The van der Waals surface area contributed by atoms with Gasteiger partial charge in [-0.2, -0.15) is 10.2 Å². The van der Waals surface area contributed by atoms with Crippen LogP contribution in [0.4, 0.5) is 5.88 Å². The van der Waals surface area contributed by atoms with Crippen LogP contribution < -0.4 is 4.90 Å². The highest BCUT2D eigenvalue weighted by atomic mass is 16.4. The summed E-state index contributed by atoms with van der Waals surface area (Å²) in [5, 5.41) is 9.35. The summed E-state index contributed by atoms with van der Waals surface area (Å²) in [6.45, 7) is 3.91. The third-order valence-corrected chi connectivity index (χ3v) is 4.36. The van der Waals surface area contributed by atoms with Crippen molar-refractivity contribution >= 4 is 11.8 Å². The second-order valence-corrected chi connectivity index (χ2v) is 5.97. The highest BCUT2D eigenvalue weighted by Gasteiger charge is 2.28. The Balaban J connectivity index is 1.49. The molecule has 3 aromatic rings. The van der Waals surface area contributed by atoms with Gasteiger partial charge in [0.05, 0.1) is 12.5 Å². The van der Waals surface area contributed by atoms with Crippen molar-refractivity contribution in [2.24, 2.45) is 0 Å². The number of carbonyl (C=O) groups excluding carboxylic acids is 1. The summed E-state index contributed by atoms with van der Waals surface area (Å²) in [5.74, 6) is 1.39. The van der Waals surface area contributed by atoms with Gasteiger partial charge in [0.25, 0.3) is 11.8 Å². The third kappa shape index (κ3) is 2.73. The Labute approximate surface area is 149 Å². The highest BCUT2D eigenvalue weighted by Crippen LogP contribution is 2.29. The molecule has 0 aliphatic carbocycles. The minimum Gasteiger partial charge on any atom is -0.459 e. The molecule has 26 heavy (non-hydrogen) atoms. The molecular formula is C18H16N4O4. The molecule has 132 valence electrons. The van der Waals surface area contributed by atoms with E-state index in [9.17, 15) is 10.1 Å². The third-order valence-electron chi connectivity index (χ3n) is 4.36. The molecule has 0 saturated carbocycles. The van der Waals surface area contributed by atoms with Crippen LogP contribution in [0.25, 0.3) is 11.7 Å². The van der Waals surface area contributed by atoms with Crippen molar-refractivity contribution in [1.82, 2.24) is 9.88 Å². The Morgan fingerprint density at radius 2 is 2.00 bits per heavy atom.